The zero-order valence-electron chi connectivity index (χ0n) is 10.2. The van der Waals surface area contributed by atoms with Crippen LogP contribution in [0.4, 0.5) is 5.69 Å². The van der Waals surface area contributed by atoms with Crippen molar-refractivity contribution in [2.45, 2.75) is 18.9 Å². The van der Waals surface area contributed by atoms with Crippen LogP contribution in [0.1, 0.15) is 13.3 Å². The molecule has 1 aromatic rings. The fraction of sp³-hybridized carbons (Fsp3) is 0.308. The molecule has 0 bridgehead atoms. The maximum Gasteiger partial charge on any atom is 0.332 e. The maximum atomic E-state index is 11.9. The summed E-state index contributed by atoms with van der Waals surface area (Å²) in [6.07, 6.45) is -0.159. The Kier molecular flexibility index (Phi) is 2.90. The van der Waals surface area contributed by atoms with E-state index in [1.54, 1.807) is 30.3 Å². The molecular weight excluding hydrogens is 234 g/mol. The first-order valence-electron chi connectivity index (χ1n) is 5.51. The van der Waals surface area contributed by atoms with Crippen molar-refractivity contribution in [1.82, 2.24) is 0 Å². The van der Waals surface area contributed by atoms with E-state index in [9.17, 15) is 14.4 Å². The van der Waals surface area contributed by atoms with Gasteiger partial charge in [0.15, 0.2) is 0 Å². The van der Waals surface area contributed by atoms with Gasteiger partial charge in [-0.2, -0.15) is 0 Å². The Balaban J connectivity index is 2.51. The molecule has 5 heteroatoms. The molecule has 18 heavy (non-hydrogen) atoms. The number of benzene rings is 1. The van der Waals surface area contributed by atoms with E-state index in [-0.39, 0.29) is 6.42 Å². The summed E-state index contributed by atoms with van der Waals surface area (Å²) < 4.78 is 4.70. The fourth-order valence-corrected chi connectivity index (χ4v) is 2.18. The number of nitrogens with zero attached hydrogens (tertiary/aromatic N) is 1. The molecule has 1 heterocycles. The SMILES string of the molecule is COC(=O)C1(C)CC(=O)C(=O)N1c1ccccc1. The third-order valence-electron chi connectivity index (χ3n) is 3.08. The standard InChI is InChI=1S/C13H13NO4/c1-13(12(17)18-2)8-10(15)11(16)14(13)9-6-4-3-5-7-9/h3-7H,8H2,1-2H3. The smallest absolute Gasteiger partial charge is 0.332 e. The summed E-state index contributed by atoms with van der Waals surface area (Å²) >= 11 is 0. The molecule has 0 spiro atoms. The van der Waals surface area contributed by atoms with Gasteiger partial charge in [-0.15, -0.1) is 0 Å². The van der Waals surface area contributed by atoms with E-state index in [0.717, 1.165) is 0 Å². The number of carbonyl (C=O) groups excluding carboxylic acids is 3. The maximum absolute atomic E-state index is 11.9. The lowest BCUT2D eigenvalue weighted by molar-refractivity contribution is -0.146. The minimum Gasteiger partial charge on any atom is -0.467 e. The van der Waals surface area contributed by atoms with Crippen LogP contribution in [-0.4, -0.2) is 30.3 Å². The minimum absolute atomic E-state index is 0.159. The molecule has 94 valence electrons. The third-order valence-corrected chi connectivity index (χ3v) is 3.08. The molecule has 0 N–H and O–H groups in total. The molecule has 1 atom stereocenters. The van der Waals surface area contributed by atoms with Gasteiger partial charge in [0, 0.05) is 5.69 Å². The molecule has 0 radical (unpaired) electrons. The van der Waals surface area contributed by atoms with Crippen LogP contribution >= 0.6 is 0 Å². The molecule has 2 rings (SSSR count). The van der Waals surface area contributed by atoms with Gasteiger partial charge in [0.05, 0.1) is 13.5 Å². The van der Waals surface area contributed by atoms with Crippen LogP contribution in [0.25, 0.3) is 0 Å². The van der Waals surface area contributed by atoms with Gasteiger partial charge in [0.25, 0.3) is 5.91 Å². The number of rotatable bonds is 2. The summed E-state index contributed by atoms with van der Waals surface area (Å²) in [6, 6.07) is 8.63. The molecule has 0 aromatic heterocycles. The van der Waals surface area contributed by atoms with Crippen LogP contribution in [0.15, 0.2) is 30.3 Å². The fourth-order valence-electron chi connectivity index (χ4n) is 2.18. The second-order valence-corrected chi connectivity index (χ2v) is 4.34. The van der Waals surface area contributed by atoms with Crippen molar-refractivity contribution in [2.75, 3.05) is 12.0 Å². The highest BCUT2D eigenvalue weighted by Crippen LogP contribution is 2.34. The number of para-hydroxylation sites is 1. The van der Waals surface area contributed by atoms with Crippen molar-refractivity contribution >= 4 is 23.3 Å². The minimum atomic E-state index is -1.26. The van der Waals surface area contributed by atoms with Gasteiger partial charge in [-0.25, -0.2) is 4.79 Å². The number of anilines is 1. The zero-order chi connectivity index (χ0) is 13.3. The number of ketones is 1. The van der Waals surface area contributed by atoms with E-state index in [1.165, 1.54) is 18.9 Å². The first-order chi connectivity index (χ1) is 8.50. The van der Waals surface area contributed by atoms with Crippen molar-refractivity contribution in [3.05, 3.63) is 30.3 Å². The van der Waals surface area contributed by atoms with E-state index in [4.69, 9.17) is 4.74 Å². The predicted octanol–water partition coefficient (Wildman–Crippen LogP) is 0.924. The molecular formula is C13H13NO4. The van der Waals surface area contributed by atoms with E-state index in [2.05, 4.69) is 0 Å². The highest BCUT2D eigenvalue weighted by Gasteiger charge is 2.53. The summed E-state index contributed by atoms with van der Waals surface area (Å²) in [7, 11) is 1.24. The summed E-state index contributed by atoms with van der Waals surface area (Å²) in [6.45, 7) is 1.54. The highest BCUT2D eigenvalue weighted by atomic mass is 16.5. The summed E-state index contributed by atoms with van der Waals surface area (Å²) in [4.78, 5) is 36.6. The Hall–Kier alpha value is -2.17. The molecule has 1 aliphatic rings. The second-order valence-electron chi connectivity index (χ2n) is 4.34. The molecule has 1 aromatic carbocycles. The van der Waals surface area contributed by atoms with Crippen molar-refractivity contribution in [3.63, 3.8) is 0 Å². The van der Waals surface area contributed by atoms with Crippen LogP contribution in [0.5, 0.6) is 0 Å². The van der Waals surface area contributed by atoms with Crippen LogP contribution < -0.4 is 4.90 Å². The number of hydrogen-bond acceptors (Lipinski definition) is 4. The molecule has 1 saturated heterocycles. The van der Waals surface area contributed by atoms with E-state index in [0.29, 0.717) is 5.69 Å². The number of carbonyl (C=O) groups is 3. The number of hydrogen-bond donors (Lipinski definition) is 0. The Morgan fingerprint density at radius 2 is 1.89 bits per heavy atom. The van der Waals surface area contributed by atoms with Gasteiger partial charge in [-0.3, -0.25) is 14.5 Å². The summed E-state index contributed by atoms with van der Waals surface area (Å²) in [5.41, 5.74) is -0.745. The lowest BCUT2D eigenvalue weighted by atomic mass is 9.98. The second kappa shape index (κ2) is 4.25. The van der Waals surface area contributed by atoms with Gasteiger partial charge >= 0.3 is 5.97 Å². The quantitative estimate of drug-likeness (QED) is 0.576. The Morgan fingerprint density at radius 1 is 1.28 bits per heavy atom. The van der Waals surface area contributed by atoms with E-state index < -0.39 is 23.2 Å². The molecule has 1 unspecified atom stereocenters. The lowest BCUT2D eigenvalue weighted by Crippen LogP contribution is -2.50. The molecule has 5 nitrogen and oxygen atoms in total. The largest absolute Gasteiger partial charge is 0.467 e. The summed E-state index contributed by atoms with van der Waals surface area (Å²) in [5.74, 6) is -1.84. The molecule has 1 aliphatic heterocycles. The summed E-state index contributed by atoms with van der Waals surface area (Å²) in [5, 5.41) is 0. The monoisotopic (exact) mass is 247 g/mol. The van der Waals surface area contributed by atoms with Gasteiger partial charge in [0.2, 0.25) is 5.78 Å². The van der Waals surface area contributed by atoms with Crippen LogP contribution in [0.2, 0.25) is 0 Å². The highest BCUT2D eigenvalue weighted by molar-refractivity contribution is 6.46. The van der Waals surface area contributed by atoms with E-state index in [1.807, 2.05) is 0 Å². The lowest BCUT2D eigenvalue weighted by Gasteiger charge is -2.31. The Morgan fingerprint density at radius 3 is 2.44 bits per heavy atom. The normalized spacial score (nSPS) is 23.3. The predicted molar refractivity (Wildman–Crippen MR) is 64.0 cm³/mol. The number of methoxy groups -OCH3 is 1. The van der Waals surface area contributed by atoms with Gasteiger partial charge < -0.3 is 4.74 Å². The number of esters is 1. The first kappa shape index (κ1) is 12.3. The number of Topliss-reactive ketones (excluding diaryl/α,β-unsaturated/α-hetero) is 1. The van der Waals surface area contributed by atoms with Gasteiger partial charge in [-0.1, -0.05) is 18.2 Å². The molecule has 1 fully saturated rings. The van der Waals surface area contributed by atoms with E-state index >= 15 is 0 Å². The van der Waals surface area contributed by atoms with Crippen molar-refractivity contribution in [3.8, 4) is 0 Å². The number of amides is 1. The Labute approximate surface area is 104 Å². The molecule has 1 amide bonds. The average molecular weight is 247 g/mol. The zero-order valence-corrected chi connectivity index (χ0v) is 10.2. The van der Waals surface area contributed by atoms with Crippen molar-refractivity contribution in [2.24, 2.45) is 0 Å². The molecule has 0 aliphatic carbocycles. The van der Waals surface area contributed by atoms with Crippen LogP contribution in [-0.2, 0) is 19.1 Å². The Bertz CT molecular complexity index is 511. The third kappa shape index (κ3) is 1.68. The molecule has 0 saturated carbocycles. The average Bonchev–Trinajstić information content (AvgIpc) is 2.61. The van der Waals surface area contributed by atoms with Crippen LogP contribution in [0, 0.1) is 0 Å². The topological polar surface area (TPSA) is 63.7 Å². The number of ether oxygens (including phenoxy) is 1. The van der Waals surface area contributed by atoms with Crippen molar-refractivity contribution in [1.29, 1.82) is 0 Å². The van der Waals surface area contributed by atoms with Gasteiger partial charge in [0.1, 0.15) is 5.54 Å². The first-order valence-corrected chi connectivity index (χ1v) is 5.51. The van der Waals surface area contributed by atoms with Crippen LogP contribution in [0.3, 0.4) is 0 Å². The van der Waals surface area contributed by atoms with Gasteiger partial charge in [-0.05, 0) is 19.1 Å². The van der Waals surface area contributed by atoms with Crippen molar-refractivity contribution < 1.29 is 19.1 Å².